The zero-order valence-electron chi connectivity index (χ0n) is 11.0. The van der Waals surface area contributed by atoms with Gasteiger partial charge in [0.2, 0.25) is 11.8 Å². The number of rotatable bonds is 3. The number of nitrogens with zero attached hydrogens (tertiary/aromatic N) is 2. The van der Waals surface area contributed by atoms with Crippen LogP contribution in [0.3, 0.4) is 0 Å². The molecule has 1 aromatic rings. The van der Waals surface area contributed by atoms with Crippen LogP contribution in [-0.2, 0) is 16.1 Å². The van der Waals surface area contributed by atoms with Gasteiger partial charge in [-0.1, -0.05) is 5.16 Å². The molecular formula is C13H17N3O3. The largest absolute Gasteiger partial charge is 0.359 e. The molecule has 1 aromatic heterocycles. The molecule has 2 atom stereocenters. The van der Waals surface area contributed by atoms with Gasteiger partial charge in [-0.3, -0.25) is 9.59 Å². The van der Waals surface area contributed by atoms with Crippen LogP contribution in [0.4, 0.5) is 0 Å². The maximum absolute atomic E-state index is 12.4. The lowest BCUT2D eigenvalue weighted by Gasteiger charge is -2.36. The molecule has 1 saturated carbocycles. The van der Waals surface area contributed by atoms with E-state index in [-0.39, 0.29) is 17.9 Å². The van der Waals surface area contributed by atoms with Crippen LogP contribution in [0.5, 0.6) is 0 Å². The molecule has 0 spiro atoms. The monoisotopic (exact) mass is 263 g/mol. The van der Waals surface area contributed by atoms with E-state index in [2.05, 4.69) is 10.5 Å². The third-order valence-corrected chi connectivity index (χ3v) is 3.79. The Kier molecular flexibility index (Phi) is 2.80. The van der Waals surface area contributed by atoms with Crippen molar-refractivity contribution in [3.8, 4) is 0 Å². The second-order valence-corrected chi connectivity index (χ2v) is 5.40. The molecule has 6 nitrogen and oxygen atoms in total. The summed E-state index contributed by atoms with van der Waals surface area (Å²) >= 11 is 0. The summed E-state index contributed by atoms with van der Waals surface area (Å²) in [5, 5.41) is 6.63. The number of piperazine rings is 1. The van der Waals surface area contributed by atoms with E-state index in [9.17, 15) is 9.59 Å². The summed E-state index contributed by atoms with van der Waals surface area (Å²) in [6, 6.07) is 0.971. The number of aryl methyl sites for hydroxylation is 1. The molecule has 0 bridgehead atoms. The lowest BCUT2D eigenvalue weighted by molar-refractivity contribution is -0.150. The van der Waals surface area contributed by atoms with Crippen LogP contribution < -0.4 is 5.32 Å². The molecule has 0 aromatic carbocycles. The van der Waals surface area contributed by atoms with Crippen molar-refractivity contribution < 1.29 is 14.1 Å². The van der Waals surface area contributed by atoms with Crippen molar-refractivity contribution in [1.29, 1.82) is 0 Å². The summed E-state index contributed by atoms with van der Waals surface area (Å²) < 4.78 is 5.13. The van der Waals surface area contributed by atoms with Crippen LogP contribution in [0.25, 0.3) is 0 Å². The van der Waals surface area contributed by atoms with Gasteiger partial charge in [0.25, 0.3) is 0 Å². The Morgan fingerprint density at radius 3 is 2.79 bits per heavy atom. The van der Waals surface area contributed by atoms with E-state index in [1.807, 2.05) is 6.92 Å². The first-order chi connectivity index (χ1) is 9.06. The Bertz CT molecular complexity index is 521. The minimum Gasteiger partial charge on any atom is -0.359 e. The molecule has 0 radical (unpaired) electrons. The Labute approximate surface area is 111 Å². The van der Waals surface area contributed by atoms with E-state index in [1.165, 1.54) is 0 Å². The molecule has 1 aliphatic carbocycles. The first-order valence-electron chi connectivity index (χ1n) is 6.59. The highest BCUT2D eigenvalue weighted by Gasteiger charge is 2.45. The first-order valence-corrected chi connectivity index (χ1v) is 6.59. The fraction of sp³-hybridized carbons (Fsp3) is 0.615. The predicted molar refractivity (Wildman–Crippen MR) is 65.9 cm³/mol. The number of aromatic nitrogens is 1. The Balaban J connectivity index is 1.80. The van der Waals surface area contributed by atoms with Crippen LogP contribution in [0.1, 0.15) is 31.2 Å². The Morgan fingerprint density at radius 2 is 2.21 bits per heavy atom. The molecule has 2 aliphatic rings. The van der Waals surface area contributed by atoms with Gasteiger partial charge < -0.3 is 14.7 Å². The second kappa shape index (κ2) is 4.36. The van der Waals surface area contributed by atoms with Crippen LogP contribution >= 0.6 is 0 Å². The molecule has 2 unspecified atom stereocenters. The number of amides is 2. The molecule has 2 fully saturated rings. The van der Waals surface area contributed by atoms with E-state index in [1.54, 1.807) is 17.9 Å². The lowest BCUT2D eigenvalue weighted by atomic mass is 10.0. The maximum atomic E-state index is 12.4. The van der Waals surface area contributed by atoms with Gasteiger partial charge in [-0.15, -0.1) is 0 Å². The van der Waals surface area contributed by atoms with E-state index in [0.717, 1.165) is 18.5 Å². The number of hydrogen-bond donors (Lipinski definition) is 1. The normalized spacial score (nSPS) is 27.6. The molecule has 3 rings (SSSR count). The highest BCUT2D eigenvalue weighted by molar-refractivity contribution is 5.97. The third kappa shape index (κ3) is 2.22. The van der Waals surface area contributed by atoms with Gasteiger partial charge in [0.1, 0.15) is 12.1 Å². The van der Waals surface area contributed by atoms with Crippen LogP contribution in [0.15, 0.2) is 10.6 Å². The topological polar surface area (TPSA) is 75.4 Å². The quantitative estimate of drug-likeness (QED) is 0.867. The highest BCUT2D eigenvalue weighted by Crippen LogP contribution is 2.35. The van der Waals surface area contributed by atoms with Gasteiger partial charge in [-0.25, -0.2) is 0 Å². The van der Waals surface area contributed by atoms with E-state index in [4.69, 9.17) is 4.52 Å². The minimum atomic E-state index is -0.465. The zero-order chi connectivity index (χ0) is 13.6. The molecule has 1 aliphatic heterocycles. The SMILES string of the molecule is Cc1cc(CN2C(=O)C(C3CC3)NC(=O)C2C)on1. The highest BCUT2D eigenvalue weighted by atomic mass is 16.5. The molecule has 1 saturated heterocycles. The Morgan fingerprint density at radius 1 is 1.47 bits per heavy atom. The fourth-order valence-electron chi connectivity index (χ4n) is 2.47. The first kappa shape index (κ1) is 12.2. The van der Waals surface area contributed by atoms with Gasteiger partial charge in [0.05, 0.1) is 12.2 Å². The predicted octanol–water partition coefficient (Wildman–Crippen LogP) is 0.609. The average Bonchev–Trinajstić information content (AvgIpc) is 3.13. The van der Waals surface area contributed by atoms with Gasteiger partial charge in [-0.05, 0) is 32.6 Å². The molecular weight excluding hydrogens is 246 g/mol. The molecule has 19 heavy (non-hydrogen) atoms. The fourth-order valence-corrected chi connectivity index (χ4v) is 2.47. The van der Waals surface area contributed by atoms with Crippen LogP contribution in [0, 0.1) is 12.8 Å². The van der Waals surface area contributed by atoms with Crippen molar-refractivity contribution in [1.82, 2.24) is 15.4 Å². The molecule has 2 amide bonds. The third-order valence-electron chi connectivity index (χ3n) is 3.79. The number of nitrogens with one attached hydrogen (secondary N) is 1. The zero-order valence-corrected chi connectivity index (χ0v) is 11.0. The van der Waals surface area contributed by atoms with Gasteiger partial charge >= 0.3 is 0 Å². The minimum absolute atomic E-state index is 0.0105. The van der Waals surface area contributed by atoms with Gasteiger partial charge in [0, 0.05) is 6.07 Å². The van der Waals surface area contributed by atoms with Crippen molar-refractivity contribution in [3.63, 3.8) is 0 Å². The lowest BCUT2D eigenvalue weighted by Crippen LogP contribution is -2.62. The number of hydrogen-bond acceptors (Lipinski definition) is 4. The second-order valence-electron chi connectivity index (χ2n) is 5.40. The van der Waals surface area contributed by atoms with E-state index >= 15 is 0 Å². The van der Waals surface area contributed by atoms with Crippen molar-refractivity contribution in [2.45, 2.75) is 45.3 Å². The smallest absolute Gasteiger partial charge is 0.246 e. The van der Waals surface area contributed by atoms with Gasteiger partial charge in [0.15, 0.2) is 5.76 Å². The molecule has 2 heterocycles. The number of carbonyl (C=O) groups excluding carboxylic acids is 2. The van der Waals surface area contributed by atoms with Crippen molar-refractivity contribution >= 4 is 11.8 Å². The summed E-state index contributed by atoms with van der Waals surface area (Å²) in [7, 11) is 0. The molecule has 6 heteroatoms. The van der Waals surface area contributed by atoms with Gasteiger partial charge in [-0.2, -0.15) is 0 Å². The van der Waals surface area contributed by atoms with E-state index < -0.39 is 6.04 Å². The van der Waals surface area contributed by atoms with Crippen LogP contribution in [-0.4, -0.2) is 34.0 Å². The number of carbonyl (C=O) groups is 2. The van der Waals surface area contributed by atoms with E-state index in [0.29, 0.717) is 18.2 Å². The summed E-state index contributed by atoms with van der Waals surface area (Å²) in [6.45, 7) is 3.87. The summed E-state index contributed by atoms with van der Waals surface area (Å²) in [5.74, 6) is 0.821. The summed E-state index contributed by atoms with van der Waals surface area (Å²) in [5.41, 5.74) is 0.773. The van der Waals surface area contributed by atoms with Crippen molar-refractivity contribution in [3.05, 3.63) is 17.5 Å². The summed E-state index contributed by atoms with van der Waals surface area (Å²) in [6.07, 6.45) is 2.03. The van der Waals surface area contributed by atoms with Crippen LogP contribution in [0.2, 0.25) is 0 Å². The average molecular weight is 263 g/mol. The summed E-state index contributed by atoms with van der Waals surface area (Å²) in [4.78, 5) is 25.9. The molecule has 102 valence electrons. The maximum Gasteiger partial charge on any atom is 0.246 e. The Hall–Kier alpha value is -1.85. The molecule has 1 N–H and O–H groups in total. The van der Waals surface area contributed by atoms with Crippen molar-refractivity contribution in [2.75, 3.05) is 0 Å². The standard InChI is InChI=1S/C13H17N3O3/c1-7-5-10(19-15-7)6-16-8(2)12(17)14-11(13(16)18)9-3-4-9/h5,8-9,11H,3-4,6H2,1-2H3,(H,14,17). The van der Waals surface area contributed by atoms with Crippen molar-refractivity contribution in [2.24, 2.45) is 5.92 Å².